The van der Waals surface area contributed by atoms with Crippen LogP contribution in [0, 0.1) is 12.1 Å². The van der Waals surface area contributed by atoms with Gasteiger partial charge < -0.3 is 10.2 Å². The summed E-state index contributed by atoms with van der Waals surface area (Å²) in [7, 11) is 0. The summed E-state index contributed by atoms with van der Waals surface area (Å²) < 4.78 is 0. The summed E-state index contributed by atoms with van der Waals surface area (Å²) in [6.45, 7) is 3.20. The molecule has 0 amide bonds. The van der Waals surface area contributed by atoms with Gasteiger partial charge in [0.15, 0.2) is 0 Å². The average molecular weight is 540 g/mol. The van der Waals surface area contributed by atoms with E-state index in [1.807, 2.05) is 12.1 Å². The zero-order valence-corrected chi connectivity index (χ0v) is 23.4. The molecule has 0 aliphatic heterocycles. The fourth-order valence-corrected chi connectivity index (χ4v) is 4.00. The molecule has 0 fully saturated rings. The molecule has 6 rings (SSSR count). The van der Waals surface area contributed by atoms with Crippen molar-refractivity contribution in [1.29, 1.82) is 0 Å². The molecular formula is C33H32O4Ti. The normalized spacial score (nSPS) is 10.5. The Morgan fingerprint density at radius 3 is 1.32 bits per heavy atom. The first kappa shape index (κ1) is 30.6. The second-order valence-electron chi connectivity index (χ2n) is 8.29. The van der Waals surface area contributed by atoms with Crippen LogP contribution in [0.3, 0.4) is 0 Å². The first-order valence-electron chi connectivity index (χ1n) is 12.4. The molecule has 0 radical (unpaired) electrons. The van der Waals surface area contributed by atoms with Crippen LogP contribution in [0.2, 0.25) is 0 Å². The number of carbonyl (C=O) groups is 2. The number of carboxylic acids is 2. The van der Waals surface area contributed by atoms with Gasteiger partial charge in [-0.05, 0) is 12.8 Å². The van der Waals surface area contributed by atoms with E-state index in [0.717, 1.165) is 12.8 Å². The quantitative estimate of drug-likeness (QED) is 0.183. The molecule has 5 heteroatoms. The first-order valence-corrected chi connectivity index (χ1v) is 13.5. The van der Waals surface area contributed by atoms with E-state index in [0.29, 0.717) is 0 Å². The zero-order chi connectivity index (χ0) is 27.9. The summed E-state index contributed by atoms with van der Waals surface area (Å²) >= 11 is 1.75. The Bertz CT molecular complexity index is 1160. The molecule has 0 aromatic heterocycles. The molecule has 0 spiro atoms. The number of hydrogen-bond acceptors (Lipinski definition) is 2. The predicted octanol–water partition coefficient (Wildman–Crippen LogP) is 7.04. The Hall–Kier alpha value is -3.60. The van der Waals surface area contributed by atoms with Crippen molar-refractivity contribution in [3.8, 4) is 22.3 Å². The first-order chi connectivity index (χ1) is 18.4. The summed E-state index contributed by atoms with van der Waals surface area (Å²) in [5, 5.41) is 15.4. The largest absolute Gasteiger partial charge is 0.179 e. The van der Waals surface area contributed by atoms with Gasteiger partial charge in [-0.3, -0.25) is 9.59 Å². The van der Waals surface area contributed by atoms with Crippen LogP contribution in [0.15, 0.2) is 84.9 Å². The van der Waals surface area contributed by atoms with Gasteiger partial charge in [-0.25, -0.2) is 0 Å². The summed E-state index contributed by atoms with van der Waals surface area (Å²) in [5.41, 5.74) is 11.0. The van der Waals surface area contributed by atoms with Gasteiger partial charge in [0.25, 0.3) is 0 Å². The summed E-state index contributed by atoms with van der Waals surface area (Å²) in [6.07, 6.45) is 2.54. The van der Waals surface area contributed by atoms with E-state index in [1.54, 1.807) is 33.8 Å². The van der Waals surface area contributed by atoms with Crippen molar-refractivity contribution in [2.45, 2.75) is 39.5 Å². The molecule has 4 aromatic carbocycles. The molecule has 4 aromatic rings. The molecule has 0 saturated carbocycles. The van der Waals surface area contributed by atoms with E-state index >= 15 is 0 Å². The Kier molecular flexibility index (Phi) is 13.1. The van der Waals surface area contributed by atoms with Crippen molar-refractivity contribution < 1.29 is 39.8 Å². The van der Waals surface area contributed by atoms with E-state index in [4.69, 9.17) is 10.2 Å². The molecule has 0 saturated heterocycles. The molecule has 0 atom stereocenters. The third-order valence-electron chi connectivity index (χ3n) is 5.84. The van der Waals surface area contributed by atoms with E-state index < -0.39 is 11.9 Å². The second kappa shape index (κ2) is 16.3. The molecular weight excluding hydrogens is 508 g/mol. The van der Waals surface area contributed by atoms with Gasteiger partial charge in [-0.2, -0.15) is 59.7 Å². The van der Waals surface area contributed by atoms with Gasteiger partial charge >= 0.3 is 36.7 Å². The predicted molar refractivity (Wildman–Crippen MR) is 150 cm³/mol. The Labute approximate surface area is 236 Å². The van der Waals surface area contributed by atoms with Crippen LogP contribution in [0.25, 0.3) is 22.3 Å². The van der Waals surface area contributed by atoms with Gasteiger partial charge in [0.05, 0.1) is 0 Å². The third kappa shape index (κ3) is 8.76. The van der Waals surface area contributed by atoms with E-state index in [1.165, 1.54) is 44.5 Å². The molecule has 2 N–H and O–H groups in total. The summed E-state index contributed by atoms with van der Waals surface area (Å²) in [5.74, 6) is -1.49. The topological polar surface area (TPSA) is 74.6 Å². The van der Waals surface area contributed by atoms with E-state index in [9.17, 15) is 9.59 Å². The maximum absolute atomic E-state index is 9.37. The van der Waals surface area contributed by atoms with Crippen LogP contribution in [-0.2, 0) is 42.4 Å². The minimum absolute atomic E-state index is 0.222. The van der Waals surface area contributed by atoms with Crippen LogP contribution in [0.1, 0.15) is 48.9 Å². The van der Waals surface area contributed by atoms with Gasteiger partial charge in [0.1, 0.15) is 0 Å². The Morgan fingerprint density at radius 2 is 0.974 bits per heavy atom. The fourth-order valence-electron chi connectivity index (χ4n) is 4.00. The number of carboxylic acid groups (broad SMARTS) is 2. The van der Waals surface area contributed by atoms with Crippen molar-refractivity contribution in [3.63, 3.8) is 0 Å². The van der Waals surface area contributed by atoms with Gasteiger partial charge in [-0.1, -0.05) is 84.6 Å². The van der Waals surface area contributed by atoms with Crippen LogP contribution in [-0.4, -0.2) is 27.0 Å². The van der Waals surface area contributed by atoms with Crippen molar-refractivity contribution >= 4 is 16.8 Å². The number of hydrogen-bond donors (Lipinski definition) is 2. The molecule has 0 unspecified atom stereocenters. The van der Waals surface area contributed by atoms with Crippen LogP contribution in [0.5, 0.6) is 0 Å². The van der Waals surface area contributed by atoms with E-state index in [2.05, 4.69) is 89.7 Å². The van der Waals surface area contributed by atoms with Crippen molar-refractivity contribution in [1.82, 2.24) is 0 Å². The van der Waals surface area contributed by atoms with Crippen molar-refractivity contribution in [2.24, 2.45) is 0 Å². The maximum atomic E-state index is 9.37. The molecule has 2 aliphatic rings. The van der Waals surface area contributed by atoms with Crippen molar-refractivity contribution in [3.05, 3.63) is 119 Å². The van der Waals surface area contributed by atoms with E-state index in [-0.39, 0.29) is 12.8 Å². The summed E-state index contributed by atoms with van der Waals surface area (Å²) in [6, 6.07) is 36.2. The van der Waals surface area contributed by atoms with Crippen LogP contribution >= 0.6 is 0 Å². The monoisotopic (exact) mass is 540 g/mol. The van der Waals surface area contributed by atoms with Crippen LogP contribution < -0.4 is 0 Å². The van der Waals surface area contributed by atoms with Crippen LogP contribution in [0.4, 0.5) is 0 Å². The zero-order valence-electron chi connectivity index (χ0n) is 21.8. The van der Waals surface area contributed by atoms with Gasteiger partial charge in [-0.15, -0.1) is 11.1 Å². The smallest absolute Gasteiger partial charge is 0.0253 e. The summed E-state index contributed by atoms with van der Waals surface area (Å²) in [4.78, 5) is 22.0. The minimum Gasteiger partial charge on any atom is -0.179 e. The second-order valence-corrected chi connectivity index (χ2v) is 8.29. The maximum Gasteiger partial charge on any atom is -0.0253 e. The van der Waals surface area contributed by atoms with Gasteiger partial charge in [0.2, 0.25) is 0 Å². The third-order valence-corrected chi connectivity index (χ3v) is 5.84. The molecule has 2 aliphatic carbocycles. The van der Waals surface area contributed by atoms with Crippen molar-refractivity contribution in [2.75, 3.05) is 0 Å². The molecule has 4 nitrogen and oxygen atoms in total. The number of benzene rings is 4. The number of fused-ring (bicyclic) bond motifs is 6. The fraction of sp³-hybridized carbons (Fsp3) is 0.182. The molecule has 0 heterocycles. The Morgan fingerprint density at radius 1 is 0.658 bits per heavy atom. The number of rotatable bonds is 2. The molecule has 0 bridgehead atoms. The SMILES string of the molecule is CCC(=O)O.CCC(=O)O.[CH2]=[Ti+2].[c-]1cccc2c1Cc1ccccc1-2.[c-]1cccc2c1Cc1ccccc1-2. The Balaban J connectivity index is 0.000000191. The molecule has 38 heavy (non-hydrogen) atoms. The number of aliphatic carboxylic acids is 2. The average Bonchev–Trinajstić information content (AvgIpc) is 3.53. The molecule has 192 valence electrons. The standard InChI is InChI=1S/2C13H9.2C3H6O2.CH2.Ti/c2*1-3-7-12-10(5-1)9-11-6-2-4-8-13(11)12;2*1-2-3(4)5;;/h2*1-5,7-8H,9H2;2*2H2,1H3,(H,4,5);1H2;/q2*-1;;;;+2. The van der Waals surface area contributed by atoms with Gasteiger partial charge in [0, 0.05) is 12.8 Å². The minimum atomic E-state index is -0.745.